The van der Waals surface area contributed by atoms with Crippen LogP contribution in [0.5, 0.6) is 0 Å². The van der Waals surface area contributed by atoms with Crippen LogP contribution in [-0.2, 0) is 9.59 Å². The molecule has 0 saturated carbocycles. The molecular weight excluding hydrogens is 274 g/mol. The minimum Gasteiger partial charge on any atom is -0.481 e. The minimum atomic E-state index is -0.902. The summed E-state index contributed by atoms with van der Waals surface area (Å²) in [6.45, 7) is 2.07. The number of rotatable bonds is 3. The topological polar surface area (TPSA) is 113 Å². The van der Waals surface area contributed by atoms with Crippen molar-refractivity contribution in [3.05, 3.63) is 29.8 Å². The van der Waals surface area contributed by atoms with Crippen LogP contribution in [0.15, 0.2) is 24.3 Å². The third-order valence-corrected chi connectivity index (χ3v) is 3.67. The van der Waals surface area contributed by atoms with Crippen LogP contribution in [0.1, 0.15) is 24.8 Å². The lowest BCUT2D eigenvalue weighted by molar-refractivity contribution is -0.139. The summed E-state index contributed by atoms with van der Waals surface area (Å²) in [4.78, 5) is 35.8. The molecule has 1 aromatic rings. The SMILES string of the molecule is CC(C(=O)NC(N)=O)N1CCC(C(=O)O)c2ccccc21. The first kappa shape index (κ1) is 14.8. The van der Waals surface area contributed by atoms with Gasteiger partial charge in [-0.2, -0.15) is 0 Å². The van der Waals surface area contributed by atoms with Crippen LogP contribution >= 0.6 is 0 Å². The van der Waals surface area contributed by atoms with Crippen LogP contribution in [0, 0.1) is 0 Å². The molecule has 112 valence electrons. The number of urea groups is 1. The zero-order chi connectivity index (χ0) is 15.6. The number of benzene rings is 1. The highest BCUT2D eigenvalue weighted by molar-refractivity contribution is 5.98. The Hall–Kier alpha value is -2.57. The van der Waals surface area contributed by atoms with E-state index in [1.807, 2.05) is 5.32 Å². The Bertz CT molecular complexity index is 587. The van der Waals surface area contributed by atoms with Gasteiger partial charge in [-0.25, -0.2) is 4.79 Å². The van der Waals surface area contributed by atoms with Gasteiger partial charge in [-0.05, 0) is 25.0 Å². The molecule has 0 saturated heterocycles. The fourth-order valence-corrected chi connectivity index (χ4v) is 2.61. The molecule has 1 aliphatic heterocycles. The smallest absolute Gasteiger partial charge is 0.318 e. The quantitative estimate of drug-likeness (QED) is 0.756. The highest BCUT2D eigenvalue weighted by Crippen LogP contribution is 2.36. The number of carboxylic acids is 1. The van der Waals surface area contributed by atoms with Crippen LogP contribution in [0.25, 0.3) is 0 Å². The Morgan fingerprint density at radius 2 is 2.05 bits per heavy atom. The summed E-state index contributed by atoms with van der Waals surface area (Å²) in [7, 11) is 0. The van der Waals surface area contributed by atoms with Crippen LogP contribution in [0.2, 0.25) is 0 Å². The average molecular weight is 291 g/mol. The molecule has 1 aliphatic rings. The number of para-hydroxylation sites is 1. The third kappa shape index (κ3) is 2.96. The normalized spacial score (nSPS) is 18.5. The lowest BCUT2D eigenvalue weighted by Gasteiger charge is -2.37. The molecule has 7 nitrogen and oxygen atoms in total. The van der Waals surface area contributed by atoms with Crippen molar-refractivity contribution in [1.82, 2.24) is 5.32 Å². The molecular formula is C14H17N3O4. The van der Waals surface area contributed by atoms with E-state index in [1.54, 1.807) is 36.1 Å². The number of primary amides is 1. The van der Waals surface area contributed by atoms with Gasteiger partial charge in [0.1, 0.15) is 6.04 Å². The number of imide groups is 1. The molecule has 0 radical (unpaired) electrons. The first-order valence-electron chi connectivity index (χ1n) is 6.60. The Kier molecular flexibility index (Phi) is 4.11. The van der Waals surface area contributed by atoms with E-state index in [4.69, 9.17) is 5.73 Å². The van der Waals surface area contributed by atoms with Crippen LogP contribution in [-0.4, -0.2) is 35.6 Å². The monoisotopic (exact) mass is 291 g/mol. The maximum atomic E-state index is 11.9. The number of aliphatic carboxylic acids is 1. The van der Waals surface area contributed by atoms with E-state index < -0.39 is 29.9 Å². The fourth-order valence-electron chi connectivity index (χ4n) is 2.61. The number of carboxylic acid groups (broad SMARTS) is 1. The van der Waals surface area contributed by atoms with Gasteiger partial charge in [0.25, 0.3) is 0 Å². The highest BCUT2D eigenvalue weighted by atomic mass is 16.4. The van der Waals surface area contributed by atoms with E-state index in [-0.39, 0.29) is 0 Å². The first-order chi connectivity index (χ1) is 9.91. The van der Waals surface area contributed by atoms with E-state index in [1.165, 1.54) is 0 Å². The maximum absolute atomic E-state index is 11.9. The van der Waals surface area contributed by atoms with Gasteiger partial charge in [-0.15, -0.1) is 0 Å². The number of amides is 3. The molecule has 3 amide bonds. The van der Waals surface area contributed by atoms with Crippen LogP contribution in [0.4, 0.5) is 10.5 Å². The summed E-state index contributed by atoms with van der Waals surface area (Å²) in [5.41, 5.74) is 6.32. The van der Waals surface area contributed by atoms with Gasteiger partial charge in [-0.3, -0.25) is 14.9 Å². The fraction of sp³-hybridized carbons (Fsp3) is 0.357. The number of fused-ring (bicyclic) bond motifs is 1. The van der Waals surface area contributed by atoms with E-state index in [0.717, 1.165) is 0 Å². The molecule has 2 rings (SSSR count). The van der Waals surface area contributed by atoms with Crippen molar-refractivity contribution in [1.29, 1.82) is 0 Å². The maximum Gasteiger partial charge on any atom is 0.318 e. The molecule has 4 N–H and O–H groups in total. The minimum absolute atomic E-state index is 0.403. The summed E-state index contributed by atoms with van der Waals surface area (Å²) in [6, 6.07) is 5.56. The summed E-state index contributed by atoms with van der Waals surface area (Å²) < 4.78 is 0. The number of hydrogen-bond donors (Lipinski definition) is 3. The Morgan fingerprint density at radius 3 is 2.67 bits per heavy atom. The lowest BCUT2D eigenvalue weighted by Crippen LogP contribution is -2.50. The molecule has 0 bridgehead atoms. The number of carbonyl (C=O) groups excluding carboxylic acids is 2. The molecule has 2 unspecified atom stereocenters. The van der Waals surface area contributed by atoms with Crippen molar-refractivity contribution in [2.45, 2.75) is 25.3 Å². The zero-order valence-electron chi connectivity index (χ0n) is 11.6. The molecule has 1 heterocycles. The van der Waals surface area contributed by atoms with Crippen molar-refractivity contribution in [2.24, 2.45) is 5.73 Å². The number of hydrogen-bond acceptors (Lipinski definition) is 4. The predicted octanol–water partition coefficient (Wildman–Crippen LogP) is 0.648. The number of nitrogens with two attached hydrogens (primary N) is 1. The van der Waals surface area contributed by atoms with Gasteiger partial charge >= 0.3 is 12.0 Å². The van der Waals surface area contributed by atoms with Gasteiger partial charge in [0.15, 0.2) is 0 Å². The first-order valence-corrected chi connectivity index (χ1v) is 6.60. The van der Waals surface area contributed by atoms with Gasteiger partial charge < -0.3 is 15.7 Å². The van der Waals surface area contributed by atoms with Crippen LogP contribution in [0.3, 0.4) is 0 Å². The summed E-state index contributed by atoms with van der Waals surface area (Å²) >= 11 is 0. The lowest BCUT2D eigenvalue weighted by atomic mass is 9.89. The largest absolute Gasteiger partial charge is 0.481 e. The number of nitrogens with zero attached hydrogens (tertiary/aromatic N) is 1. The third-order valence-electron chi connectivity index (χ3n) is 3.67. The van der Waals surface area contributed by atoms with Crippen molar-refractivity contribution in [3.8, 4) is 0 Å². The van der Waals surface area contributed by atoms with Crippen LogP contribution < -0.4 is 16.0 Å². The number of anilines is 1. The second-order valence-corrected chi connectivity index (χ2v) is 4.96. The molecule has 0 fully saturated rings. The van der Waals surface area contributed by atoms with E-state index in [0.29, 0.717) is 24.2 Å². The molecule has 0 aliphatic carbocycles. The van der Waals surface area contributed by atoms with Gasteiger partial charge in [0, 0.05) is 12.2 Å². The Labute approximate surface area is 121 Å². The van der Waals surface area contributed by atoms with E-state index in [2.05, 4.69) is 0 Å². The zero-order valence-corrected chi connectivity index (χ0v) is 11.6. The molecule has 7 heteroatoms. The van der Waals surface area contributed by atoms with E-state index >= 15 is 0 Å². The number of carbonyl (C=O) groups is 3. The summed E-state index contributed by atoms with van der Waals surface area (Å²) in [5, 5.41) is 11.3. The highest BCUT2D eigenvalue weighted by Gasteiger charge is 2.33. The Morgan fingerprint density at radius 1 is 1.38 bits per heavy atom. The summed E-state index contributed by atoms with van der Waals surface area (Å²) in [6.07, 6.45) is 0.403. The van der Waals surface area contributed by atoms with Gasteiger partial charge in [0.2, 0.25) is 5.91 Å². The average Bonchev–Trinajstić information content (AvgIpc) is 2.44. The van der Waals surface area contributed by atoms with Crippen molar-refractivity contribution >= 4 is 23.6 Å². The molecule has 1 aromatic carbocycles. The van der Waals surface area contributed by atoms with E-state index in [9.17, 15) is 19.5 Å². The molecule has 0 spiro atoms. The molecule has 2 atom stereocenters. The van der Waals surface area contributed by atoms with Crippen molar-refractivity contribution in [2.75, 3.05) is 11.4 Å². The molecule has 21 heavy (non-hydrogen) atoms. The van der Waals surface area contributed by atoms with Gasteiger partial charge in [-0.1, -0.05) is 18.2 Å². The Balaban J connectivity index is 2.30. The van der Waals surface area contributed by atoms with Gasteiger partial charge in [0.05, 0.1) is 5.92 Å². The molecule has 0 aromatic heterocycles. The second-order valence-electron chi connectivity index (χ2n) is 4.96. The van der Waals surface area contributed by atoms with Crippen molar-refractivity contribution < 1.29 is 19.5 Å². The summed E-state index contributed by atoms with van der Waals surface area (Å²) in [5.74, 6) is -1.97. The predicted molar refractivity (Wildman–Crippen MR) is 76.0 cm³/mol. The standard InChI is InChI=1S/C14H17N3O4/c1-8(12(18)16-14(15)21)17-7-6-10(13(19)20)9-4-2-3-5-11(9)17/h2-5,8,10H,6-7H2,1H3,(H,19,20)(H3,15,16,18,21). The van der Waals surface area contributed by atoms with Crippen molar-refractivity contribution in [3.63, 3.8) is 0 Å². The number of nitrogens with one attached hydrogen (secondary N) is 1. The second kappa shape index (κ2) is 5.82.